The summed E-state index contributed by atoms with van der Waals surface area (Å²) >= 11 is 0. The molecule has 1 aliphatic rings. The number of ketones is 1. The Morgan fingerprint density at radius 1 is 1.11 bits per heavy atom. The van der Waals surface area contributed by atoms with Crippen molar-refractivity contribution in [1.29, 1.82) is 0 Å². The molecule has 2 aromatic rings. The summed E-state index contributed by atoms with van der Waals surface area (Å²) < 4.78 is 11.5. The van der Waals surface area contributed by atoms with Crippen molar-refractivity contribution in [3.63, 3.8) is 0 Å². The lowest BCUT2D eigenvalue weighted by atomic mass is 10.0. The predicted molar refractivity (Wildman–Crippen MR) is 113 cm³/mol. The lowest BCUT2D eigenvalue weighted by Gasteiger charge is -2.11. The highest BCUT2D eigenvalue weighted by Gasteiger charge is 2.26. The Bertz CT molecular complexity index is 863. The van der Waals surface area contributed by atoms with Gasteiger partial charge in [-0.2, -0.15) is 0 Å². The molecule has 0 radical (unpaired) electrons. The van der Waals surface area contributed by atoms with Crippen molar-refractivity contribution >= 4 is 11.7 Å². The summed E-state index contributed by atoms with van der Waals surface area (Å²) in [6.45, 7) is 9.48. The van der Waals surface area contributed by atoms with E-state index in [4.69, 9.17) is 9.47 Å². The first-order valence-electron chi connectivity index (χ1n) is 9.87. The molecule has 4 nitrogen and oxygen atoms in total. The van der Waals surface area contributed by atoms with Gasteiger partial charge in [-0.25, -0.2) is 4.99 Å². The fourth-order valence-electron chi connectivity index (χ4n) is 3.43. The average Bonchev–Trinajstić information content (AvgIpc) is 3.01. The molecule has 0 saturated carbocycles. The maximum Gasteiger partial charge on any atom is 0.184 e. The van der Waals surface area contributed by atoms with E-state index >= 15 is 0 Å². The molecule has 0 amide bonds. The van der Waals surface area contributed by atoms with Crippen LogP contribution in [0.15, 0.2) is 47.5 Å². The molecule has 1 heterocycles. The smallest absolute Gasteiger partial charge is 0.184 e. The molecular formula is C24H29NO3. The Morgan fingerprint density at radius 3 is 2.50 bits per heavy atom. The number of rotatable bonds is 8. The van der Waals surface area contributed by atoms with Crippen LogP contribution in [0.4, 0.5) is 0 Å². The van der Waals surface area contributed by atoms with Gasteiger partial charge in [0.05, 0.1) is 12.1 Å². The van der Waals surface area contributed by atoms with Crippen LogP contribution in [0.3, 0.4) is 0 Å². The molecule has 0 unspecified atom stereocenters. The van der Waals surface area contributed by atoms with E-state index in [0.717, 1.165) is 12.2 Å². The number of nitrogens with zero attached hydrogens (tertiary/aromatic N) is 1. The van der Waals surface area contributed by atoms with E-state index in [1.807, 2.05) is 38.1 Å². The van der Waals surface area contributed by atoms with Gasteiger partial charge in [-0.1, -0.05) is 30.3 Å². The van der Waals surface area contributed by atoms with Crippen LogP contribution in [0.25, 0.3) is 0 Å². The van der Waals surface area contributed by atoms with Crippen LogP contribution < -0.4 is 4.74 Å². The lowest BCUT2D eigenvalue weighted by Crippen LogP contribution is -2.17. The van der Waals surface area contributed by atoms with E-state index in [2.05, 4.69) is 37.0 Å². The molecule has 1 aliphatic heterocycles. The van der Waals surface area contributed by atoms with Crippen molar-refractivity contribution in [2.24, 2.45) is 4.99 Å². The maximum absolute atomic E-state index is 12.5. The number of ether oxygens (including phenoxy) is 2. The third-order valence-corrected chi connectivity index (χ3v) is 5.01. The molecule has 0 fully saturated rings. The van der Waals surface area contributed by atoms with Crippen LogP contribution in [-0.4, -0.2) is 30.4 Å². The fraction of sp³-hybridized carbons (Fsp3) is 0.417. The molecule has 0 aromatic heterocycles. The summed E-state index contributed by atoms with van der Waals surface area (Å²) in [6.07, 6.45) is 1.78. The van der Waals surface area contributed by atoms with Gasteiger partial charge < -0.3 is 9.47 Å². The zero-order chi connectivity index (χ0) is 20.1. The maximum atomic E-state index is 12.5. The molecular weight excluding hydrogens is 350 g/mol. The van der Waals surface area contributed by atoms with E-state index in [1.54, 1.807) is 0 Å². The summed E-state index contributed by atoms with van der Waals surface area (Å²) in [4.78, 5) is 17.0. The van der Waals surface area contributed by atoms with Crippen molar-refractivity contribution in [2.75, 3.05) is 13.2 Å². The molecule has 0 atom stereocenters. The molecule has 0 aliphatic carbocycles. The van der Waals surface area contributed by atoms with Crippen molar-refractivity contribution < 1.29 is 14.3 Å². The third-order valence-electron chi connectivity index (χ3n) is 5.01. The highest BCUT2D eigenvalue weighted by Crippen LogP contribution is 2.21. The molecule has 28 heavy (non-hydrogen) atoms. The minimum Gasteiger partial charge on any atom is -0.493 e. The number of hydrogen-bond acceptors (Lipinski definition) is 4. The largest absolute Gasteiger partial charge is 0.493 e. The van der Waals surface area contributed by atoms with Gasteiger partial charge in [-0.3, -0.25) is 4.79 Å². The van der Waals surface area contributed by atoms with Crippen LogP contribution >= 0.6 is 0 Å². The highest BCUT2D eigenvalue weighted by atomic mass is 16.5. The van der Waals surface area contributed by atoms with Gasteiger partial charge in [0.15, 0.2) is 11.7 Å². The molecule has 148 valence electrons. The number of Topliss-reactive ketones (excluding diaryl/α,β-unsaturated/α-hetero) is 1. The van der Waals surface area contributed by atoms with Crippen LogP contribution in [-0.2, 0) is 11.2 Å². The normalized spacial score (nSPS) is 15.1. The zero-order valence-corrected chi connectivity index (χ0v) is 17.2. The first-order chi connectivity index (χ1) is 13.3. The molecule has 0 saturated heterocycles. The summed E-state index contributed by atoms with van der Waals surface area (Å²) in [5, 5.41) is 0. The van der Waals surface area contributed by atoms with Gasteiger partial charge in [-0.15, -0.1) is 0 Å². The first kappa shape index (κ1) is 20.1. The van der Waals surface area contributed by atoms with Crippen molar-refractivity contribution in [3.8, 4) is 5.75 Å². The number of benzene rings is 2. The predicted octanol–water partition coefficient (Wildman–Crippen LogP) is 5.10. The standard InChI is InChI=1S/C24H29NO3/c1-17-7-5-8-18(2)21(17)13-14-27-20-10-6-9-19(15-20)22(26)11-12-23-25-24(3,4)16-28-23/h5-10,15H,11-14,16H2,1-4H3. The number of carbonyl (C=O) groups excluding carboxylic acids is 1. The highest BCUT2D eigenvalue weighted by molar-refractivity contribution is 5.98. The van der Waals surface area contributed by atoms with Crippen molar-refractivity contribution in [1.82, 2.24) is 0 Å². The molecule has 0 N–H and O–H groups in total. The first-order valence-corrected chi connectivity index (χ1v) is 9.87. The minimum absolute atomic E-state index is 0.0798. The molecule has 3 rings (SSSR count). The van der Waals surface area contributed by atoms with Crippen molar-refractivity contribution in [3.05, 3.63) is 64.7 Å². The van der Waals surface area contributed by atoms with Crippen LogP contribution in [0.1, 0.15) is 53.7 Å². The van der Waals surface area contributed by atoms with E-state index in [1.165, 1.54) is 16.7 Å². The Balaban J connectivity index is 1.54. The van der Waals surface area contributed by atoms with Gasteiger partial charge in [-0.05, 0) is 56.5 Å². The van der Waals surface area contributed by atoms with Crippen molar-refractivity contribution in [2.45, 2.75) is 52.5 Å². The monoisotopic (exact) mass is 379 g/mol. The van der Waals surface area contributed by atoms with Crippen LogP contribution in [0, 0.1) is 13.8 Å². The third kappa shape index (κ3) is 5.22. The average molecular weight is 380 g/mol. The second kappa shape index (κ2) is 8.59. The topological polar surface area (TPSA) is 47.9 Å². The molecule has 0 spiro atoms. The Kier molecular flexibility index (Phi) is 6.18. The second-order valence-electron chi connectivity index (χ2n) is 8.03. The quantitative estimate of drug-likeness (QED) is 0.600. The summed E-state index contributed by atoms with van der Waals surface area (Å²) in [5.74, 6) is 1.49. The zero-order valence-electron chi connectivity index (χ0n) is 17.2. The SMILES string of the molecule is Cc1cccc(C)c1CCOc1cccc(C(=O)CCC2=NC(C)(C)CO2)c1. The summed E-state index contributed by atoms with van der Waals surface area (Å²) in [5.41, 5.74) is 4.39. The van der Waals surface area contributed by atoms with Gasteiger partial charge in [0.2, 0.25) is 0 Å². The Morgan fingerprint density at radius 2 is 1.82 bits per heavy atom. The second-order valence-corrected chi connectivity index (χ2v) is 8.03. The fourth-order valence-corrected chi connectivity index (χ4v) is 3.43. The number of carbonyl (C=O) groups is 1. The Labute approximate surface area is 167 Å². The van der Waals surface area contributed by atoms with E-state index < -0.39 is 0 Å². The van der Waals surface area contributed by atoms with E-state index in [-0.39, 0.29) is 11.3 Å². The summed E-state index contributed by atoms with van der Waals surface area (Å²) in [7, 11) is 0. The van der Waals surface area contributed by atoms with Gasteiger partial charge in [0, 0.05) is 24.8 Å². The number of aryl methyl sites for hydroxylation is 2. The number of hydrogen-bond donors (Lipinski definition) is 0. The van der Waals surface area contributed by atoms with Gasteiger partial charge >= 0.3 is 0 Å². The van der Waals surface area contributed by atoms with Crippen LogP contribution in [0.5, 0.6) is 5.75 Å². The lowest BCUT2D eigenvalue weighted by molar-refractivity contribution is 0.0982. The Hall–Kier alpha value is -2.62. The van der Waals surface area contributed by atoms with E-state index in [9.17, 15) is 4.79 Å². The van der Waals surface area contributed by atoms with Crippen LogP contribution in [0.2, 0.25) is 0 Å². The molecule has 2 aromatic carbocycles. The summed E-state index contributed by atoms with van der Waals surface area (Å²) in [6, 6.07) is 13.8. The van der Waals surface area contributed by atoms with Gasteiger partial charge in [0.1, 0.15) is 12.4 Å². The number of aliphatic imine (C=N–C) groups is 1. The molecule has 0 bridgehead atoms. The van der Waals surface area contributed by atoms with Gasteiger partial charge in [0.25, 0.3) is 0 Å². The van der Waals surface area contributed by atoms with E-state index in [0.29, 0.717) is 37.5 Å². The molecule has 4 heteroatoms. The minimum atomic E-state index is -0.179.